The molecule has 196 valence electrons. The third kappa shape index (κ3) is 3.97. The average molecular weight is 520 g/mol. The number of allylic oxidation sites excluding steroid dienone is 4. The molecule has 1 amide bonds. The maximum Gasteiger partial charge on any atom is 0.335 e. The molecule has 38 heavy (non-hydrogen) atoms. The van der Waals surface area contributed by atoms with Crippen LogP contribution >= 0.6 is 0 Å². The largest absolute Gasteiger partial charge is 0.507 e. The SMILES string of the molecule is CC(=O)c1c(O)c(C)c(O)c2c1OC1=CC(=O)/C(=C(/C)NCC(=O)Nc3cccc(C(=O)O)c3)C(=O)[C@@]12C. The third-order valence-corrected chi connectivity index (χ3v) is 6.67. The van der Waals surface area contributed by atoms with Crippen molar-refractivity contribution in [2.45, 2.75) is 33.1 Å². The normalized spacial score (nSPS) is 19.1. The van der Waals surface area contributed by atoms with Crippen LogP contribution in [-0.2, 0) is 19.8 Å². The summed E-state index contributed by atoms with van der Waals surface area (Å²) >= 11 is 0. The van der Waals surface area contributed by atoms with Crippen molar-refractivity contribution in [2.75, 3.05) is 11.9 Å². The number of rotatable bonds is 6. The molecule has 2 aromatic carbocycles. The van der Waals surface area contributed by atoms with Crippen LogP contribution in [0, 0.1) is 6.92 Å². The summed E-state index contributed by atoms with van der Waals surface area (Å²) in [6.45, 7) is 5.11. The minimum atomic E-state index is -1.67. The molecular weight excluding hydrogens is 496 g/mol. The van der Waals surface area contributed by atoms with Crippen LogP contribution in [-0.4, -0.2) is 51.1 Å². The zero-order valence-electron chi connectivity index (χ0n) is 20.9. The number of carbonyl (C=O) groups excluding carboxylic acids is 4. The van der Waals surface area contributed by atoms with E-state index in [2.05, 4.69) is 10.6 Å². The minimum Gasteiger partial charge on any atom is -0.507 e. The summed E-state index contributed by atoms with van der Waals surface area (Å²) in [5, 5.41) is 35.7. The highest BCUT2D eigenvalue weighted by atomic mass is 16.5. The molecule has 0 unspecified atom stereocenters. The Labute approximate surface area is 216 Å². The van der Waals surface area contributed by atoms with E-state index in [1.165, 1.54) is 52.0 Å². The van der Waals surface area contributed by atoms with Crippen LogP contribution < -0.4 is 15.4 Å². The summed E-state index contributed by atoms with van der Waals surface area (Å²) in [4.78, 5) is 62.5. The first-order valence-electron chi connectivity index (χ1n) is 11.5. The number of carbonyl (C=O) groups is 5. The number of phenols is 2. The molecule has 2 aromatic rings. The summed E-state index contributed by atoms with van der Waals surface area (Å²) < 4.78 is 5.71. The summed E-state index contributed by atoms with van der Waals surface area (Å²) in [7, 11) is 0. The maximum atomic E-state index is 13.8. The van der Waals surface area contributed by atoms with Gasteiger partial charge in [-0.3, -0.25) is 19.2 Å². The van der Waals surface area contributed by atoms with Crippen LogP contribution in [0.5, 0.6) is 17.2 Å². The van der Waals surface area contributed by atoms with Gasteiger partial charge >= 0.3 is 5.97 Å². The maximum absolute atomic E-state index is 13.8. The fourth-order valence-electron chi connectivity index (χ4n) is 4.60. The highest BCUT2D eigenvalue weighted by Crippen LogP contribution is 2.57. The van der Waals surface area contributed by atoms with Gasteiger partial charge in [-0.25, -0.2) is 4.79 Å². The van der Waals surface area contributed by atoms with Crippen LogP contribution in [0.25, 0.3) is 0 Å². The van der Waals surface area contributed by atoms with Gasteiger partial charge in [0.15, 0.2) is 17.3 Å². The third-order valence-electron chi connectivity index (χ3n) is 6.67. The van der Waals surface area contributed by atoms with E-state index in [-0.39, 0.29) is 57.3 Å². The van der Waals surface area contributed by atoms with E-state index in [0.29, 0.717) is 0 Å². The lowest BCUT2D eigenvalue weighted by Crippen LogP contribution is -2.41. The van der Waals surface area contributed by atoms with Gasteiger partial charge in [0.25, 0.3) is 0 Å². The molecule has 0 saturated heterocycles. The second kappa shape index (κ2) is 9.18. The van der Waals surface area contributed by atoms with Crippen molar-refractivity contribution in [1.29, 1.82) is 0 Å². The summed E-state index contributed by atoms with van der Waals surface area (Å²) in [6, 6.07) is 5.64. The van der Waals surface area contributed by atoms with Gasteiger partial charge in [0.2, 0.25) is 5.91 Å². The molecule has 11 heteroatoms. The van der Waals surface area contributed by atoms with E-state index in [4.69, 9.17) is 9.84 Å². The molecule has 0 spiro atoms. The number of aromatic carboxylic acids is 1. The number of ether oxygens (including phenoxy) is 1. The smallest absolute Gasteiger partial charge is 0.335 e. The van der Waals surface area contributed by atoms with E-state index in [9.17, 15) is 34.2 Å². The number of carboxylic acids is 1. The fourth-order valence-corrected chi connectivity index (χ4v) is 4.60. The number of benzene rings is 2. The molecular formula is C27H24N2O9. The van der Waals surface area contributed by atoms with Crippen molar-refractivity contribution >= 4 is 34.9 Å². The lowest BCUT2D eigenvalue weighted by Gasteiger charge is -2.29. The molecule has 0 aromatic heterocycles. The van der Waals surface area contributed by atoms with Crippen molar-refractivity contribution in [3.05, 3.63) is 69.6 Å². The van der Waals surface area contributed by atoms with Crippen molar-refractivity contribution in [3.63, 3.8) is 0 Å². The highest BCUT2D eigenvalue weighted by molar-refractivity contribution is 6.31. The molecule has 1 atom stereocenters. The molecule has 1 heterocycles. The lowest BCUT2D eigenvalue weighted by molar-refractivity contribution is -0.124. The zero-order valence-corrected chi connectivity index (χ0v) is 20.9. The monoisotopic (exact) mass is 520 g/mol. The second-order valence-electron chi connectivity index (χ2n) is 9.17. The zero-order chi connectivity index (χ0) is 28.1. The Morgan fingerprint density at radius 3 is 2.39 bits per heavy atom. The van der Waals surface area contributed by atoms with Gasteiger partial charge in [-0.15, -0.1) is 0 Å². The molecule has 0 fully saturated rings. The Kier molecular flexibility index (Phi) is 6.32. The number of ketones is 3. The second-order valence-corrected chi connectivity index (χ2v) is 9.17. The predicted octanol–water partition coefficient (Wildman–Crippen LogP) is 2.50. The Morgan fingerprint density at radius 1 is 1.08 bits per heavy atom. The number of fused-ring (bicyclic) bond motifs is 3. The number of Topliss-reactive ketones (excluding diaryl/α,β-unsaturated/α-hetero) is 2. The first-order valence-corrected chi connectivity index (χ1v) is 11.5. The van der Waals surface area contributed by atoms with Crippen molar-refractivity contribution in [3.8, 4) is 17.2 Å². The quantitative estimate of drug-likeness (QED) is 0.216. The Morgan fingerprint density at radius 2 is 1.76 bits per heavy atom. The van der Waals surface area contributed by atoms with Gasteiger partial charge in [0.05, 0.1) is 23.2 Å². The van der Waals surface area contributed by atoms with E-state index < -0.39 is 46.1 Å². The highest BCUT2D eigenvalue weighted by Gasteiger charge is 2.56. The van der Waals surface area contributed by atoms with Crippen molar-refractivity contribution < 1.29 is 44.0 Å². The van der Waals surface area contributed by atoms with Crippen LogP contribution in [0.4, 0.5) is 5.69 Å². The van der Waals surface area contributed by atoms with Crippen LogP contribution in [0.15, 0.2) is 47.4 Å². The molecule has 0 saturated carbocycles. The van der Waals surface area contributed by atoms with E-state index in [1.54, 1.807) is 0 Å². The number of hydrogen-bond donors (Lipinski definition) is 5. The number of phenolic OH excluding ortho intramolecular Hbond substituents is 2. The molecule has 0 radical (unpaired) electrons. The Balaban J connectivity index is 1.65. The molecule has 0 bridgehead atoms. The fraction of sp³-hybridized carbons (Fsp3) is 0.222. The number of hydrogen-bond acceptors (Lipinski definition) is 9. The van der Waals surface area contributed by atoms with Crippen LogP contribution in [0.3, 0.4) is 0 Å². The van der Waals surface area contributed by atoms with Crippen molar-refractivity contribution in [1.82, 2.24) is 5.32 Å². The number of nitrogens with one attached hydrogen (secondary N) is 2. The lowest BCUT2D eigenvalue weighted by atomic mass is 9.70. The summed E-state index contributed by atoms with van der Waals surface area (Å²) in [6.07, 6.45) is 1.08. The predicted molar refractivity (Wildman–Crippen MR) is 133 cm³/mol. The van der Waals surface area contributed by atoms with E-state index >= 15 is 0 Å². The number of carboxylic acid groups (broad SMARTS) is 1. The first kappa shape index (κ1) is 26.1. The van der Waals surface area contributed by atoms with Crippen LogP contribution in [0.1, 0.15) is 52.6 Å². The summed E-state index contributed by atoms with van der Waals surface area (Å²) in [5.74, 6) is -4.92. The molecule has 4 rings (SSSR count). The molecule has 11 nitrogen and oxygen atoms in total. The van der Waals surface area contributed by atoms with Gasteiger partial charge in [0.1, 0.15) is 34.0 Å². The van der Waals surface area contributed by atoms with Gasteiger partial charge in [-0.1, -0.05) is 6.07 Å². The molecule has 1 aliphatic heterocycles. The number of anilines is 1. The van der Waals surface area contributed by atoms with Gasteiger partial charge in [-0.05, 0) is 45.9 Å². The Bertz CT molecular complexity index is 1530. The van der Waals surface area contributed by atoms with Gasteiger partial charge in [0, 0.05) is 23.0 Å². The van der Waals surface area contributed by atoms with E-state index in [0.717, 1.165) is 6.08 Å². The molecule has 5 N–H and O–H groups in total. The van der Waals surface area contributed by atoms with Gasteiger partial charge < -0.3 is 30.7 Å². The van der Waals surface area contributed by atoms with Crippen molar-refractivity contribution in [2.24, 2.45) is 0 Å². The van der Waals surface area contributed by atoms with E-state index in [1.807, 2.05) is 0 Å². The van der Waals surface area contributed by atoms with Gasteiger partial charge in [-0.2, -0.15) is 0 Å². The first-order chi connectivity index (χ1) is 17.8. The molecule has 1 aliphatic carbocycles. The summed E-state index contributed by atoms with van der Waals surface area (Å²) in [5.41, 5.74) is -1.89. The van der Waals surface area contributed by atoms with Crippen LogP contribution in [0.2, 0.25) is 0 Å². The average Bonchev–Trinajstić information content (AvgIpc) is 3.14. The molecule has 2 aliphatic rings. The topological polar surface area (TPSA) is 179 Å². The standard InChI is InChI=1S/C27H24N2O9/c1-11-22(33)20(13(3)30)24-21(23(11)34)27(4)17(38-24)9-16(31)19(25(27)35)12(2)28-10-18(32)29-15-7-5-6-14(8-15)26(36)37/h5-9,28,33-34H,10H2,1-4H3,(H,29,32)(H,36,37)/b19-12+/t27-/m0/s1. The Hall–Kier alpha value is -4.93. The minimum absolute atomic E-state index is 0.0119. The number of amides is 1. The number of aromatic hydroxyl groups is 2.